The first-order chi connectivity index (χ1) is 9.99. The monoisotopic (exact) mass is 286 g/mol. The molecular formula is C15H14N2O4. The van der Waals surface area contributed by atoms with Crippen LogP contribution in [0.15, 0.2) is 42.6 Å². The van der Waals surface area contributed by atoms with Crippen molar-refractivity contribution in [3.05, 3.63) is 69.5 Å². The lowest BCUT2D eigenvalue weighted by Crippen LogP contribution is -2.17. The molecule has 1 N–H and O–H groups in total. The molecule has 2 aromatic rings. The van der Waals surface area contributed by atoms with E-state index in [0.717, 1.165) is 11.1 Å². The summed E-state index contributed by atoms with van der Waals surface area (Å²) in [5.41, 5.74) is 1.58. The van der Waals surface area contributed by atoms with Gasteiger partial charge in [-0.15, -0.1) is 0 Å². The number of aromatic nitrogens is 1. The van der Waals surface area contributed by atoms with E-state index in [0.29, 0.717) is 0 Å². The summed E-state index contributed by atoms with van der Waals surface area (Å²) in [6.45, 7) is 1.93. The normalized spacial score (nSPS) is 11.9. The van der Waals surface area contributed by atoms with E-state index in [-0.39, 0.29) is 17.8 Å². The predicted octanol–water partition coefficient (Wildman–Crippen LogP) is 2.71. The first kappa shape index (κ1) is 14.6. The van der Waals surface area contributed by atoms with Gasteiger partial charge in [0.1, 0.15) is 11.6 Å². The average molecular weight is 286 g/mol. The van der Waals surface area contributed by atoms with Gasteiger partial charge in [0.05, 0.1) is 4.92 Å². The van der Waals surface area contributed by atoms with E-state index >= 15 is 0 Å². The van der Waals surface area contributed by atoms with Crippen molar-refractivity contribution in [2.45, 2.75) is 19.3 Å². The van der Waals surface area contributed by atoms with Gasteiger partial charge in [0.15, 0.2) is 0 Å². The third-order valence-corrected chi connectivity index (χ3v) is 3.20. The lowest BCUT2D eigenvalue weighted by molar-refractivity contribution is -0.386. The number of nitrogens with zero attached hydrogens (tertiary/aromatic N) is 2. The molecule has 1 unspecified atom stereocenters. The van der Waals surface area contributed by atoms with Crippen LogP contribution in [0.5, 0.6) is 0 Å². The van der Waals surface area contributed by atoms with Gasteiger partial charge in [0.2, 0.25) is 0 Å². The van der Waals surface area contributed by atoms with Gasteiger partial charge in [-0.3, -0.25) is 19.9 Å². The van der Waals surface area contributed by atoms with Crippen molar-refractivity contribution in [3.63, 3.8) is 0 Å². The molecule has 1 heterocycles. The molecule has 0 saturated carbocycles. The van der Waals surface area contributed by atoms with Gasteiger partial charge in [-0.05, 0) is 25.0 Å². The molecule has 6 heteroatoms. The maximum absolute atomic E-state index is 11.5. The number of aryl methyl sites for hydroxylation is 1. The van der Waals surface area contributed by atoms with Crippen LogP contribution in [0, 0.1) is 17.0 Å². The lowest BCUT2D eigenvalue weighted by atomic mass is 9.94. The lowest BCUT2D eigenvalue weighted by Gasteiger charge is -2.12. The molecule has 1 aromatic heterocycles. The summed E-state index contributed by atoms with van der Waals surface area (Å²) in [6.07, 6.45) is 1.53. The summed E-state index contributed by atoms with van der Waals surface area (Å²) < 4.78 is 0. The van der Waals surface area contributed by atoms with Crippen molar-refractivity contribution in [2.75, 3.05) is 0 Å². The summed E-state index contributed by atoms with van der Waals surface area (Å²) in [6, 6.07) is 10.1. The Balaban J connectivity index is 2.38. The maximum Gasteiger partial charge on any atom is 0.313 e. The number of carboxylic acids is 1. The zero-order chi connectivity index (χ0) is 15.4. The molecule has 108 valence electrons. The quantitative estimate of drug-likeness (QED) is 0.673. The Bertz CT molecular complexity index is 668. The van der Waals surface area contributed by atoms with Crippen molar-refractivity contribution in [3.8, 4) is 0 Å². The molecule has 0 bridgehead atoms. The van der Waals surface area contributed by atoms with Crippen molar-refractivity contribution in [1.29, 1.82) is 0 Å². The largest absolute Gasteiger partial charge is 0.481 e. The molecule has 0 spiro atoms. The SMILES string of the molecule is Cc1ccc(CC(C(=O)O)c2ncccc2[N+](=O)[O-])cc1. The summed E-state index contributed by atoms with van der Waals surface area (Å²) in [4.78, 5) is 25.8. The number of pyridine rings is 1. The number of carbonyl (C=O) groups is 1. The number of aliphatic carboxylic acids is 1. The third kappa shape index (κ3) is 3.42. The second-order valence-electron chi connectivity index (χ2n) is 4.75. The van der Waals surface area contributed by atoms with Crippen LogP contribution in [-0.2, 0) is 11.2 Å². The zero-order valence-electron chi connectivity index (χ0n) is 11.4. The van der Waals surface area contributed by atoms with Crippen LogP contribution in [0.4, 0.5) is 5.69 Å². The van der Waals surface area contributed by atoms with Crippen molar-refractivity contribution >= 4 is 11.7 Å². The van der Waals surface area contributed by atoms with Gasteiger partial charge >= 0.3 is 5.97 Å². The van der Waals surface area contributed by atoms with E-state index in [2.05, 4.69) is 4.98 Å². The zero-order valence-corrected chi connectivity index (χ0v) is 11.4. The molecule has 0 radical (unpaired) electrons. The summed E-state index contributed by atoms with van der Waals surface area (Å²) >= 11 is 0. The highest BCUT2D eigenvalue weighted by atomic mass is 16.6. The smallest absolute Gasteiger partial charge is 0.313 e. The number of rotatable bonds is 5. The minimum Gasteiger partial charge on any atom is -0.481 e. The van der Waals surface area contributed by atoms with Crippen molar-refractivity contribution in [1.82, 2.24) is 4.98 Å². The molecule has 0 aliphatic carbocycles. The first-order valence-corrected chi connectivity index (χ1v) is 6.36. The van der Waals surface area contributed by atoms with Gasteiger partial charge in [0.25, 0.3) is 5.69 Å². The fourth-order valence-corrected chi connectivity index (χ4v) is 2.09. The van der Waals surface area contributed by atoms with Crippen LogP contribution in [0.25, 0.3) is 0 Å². The Morgan fingerprint density at radius 1 is 1.33 bits per heavy atom. The van der Waals surface area contributed by atoms with Gasteiger partial charge in [-0.25, -0.2) is 0 Å². The average Bonchev–Trinajstić information content (AvgIpc) is 2.46. The standard InChI is InChI=1S/C15H14N2O4/c1-10-4-6-11(7-5-10)9-12(15(18)19)14-13(17(20)21)3-2-8-16-14/h2-8,12H,9H2,1H3,(H,18,19). The van der Waals surface area contributed by atoms with Crippen LogP contribution in [0.3, 0.4) is 0 Å². The second-order valence-corrected chi connectivity index (χ2v) is 4.75. The van der Waals surface area contributed by atoms with E-state index in [4.69, 9.17) is 0 Å². The highest BCUT2D eigenvalue weighted by Gasteiger charge is 2.29. The number of hydrogen-bond acceptors (Lipinski definition) is 4. The van der Waals surface area contributed by atoms with E-state index in [1.54, 1.807) is 0 Å². The molecule has 6 nitrogen and oxygen atoms in total. The molecule has 1 atom stereocenters. The molecule has 0 aliphatic heterocycles. The minimum atomic E-state index is -1.13. The van der Waals surface area contributed by atoms with Gasteiger partial charge < -0.3 is 5.11 Å². The number of nitro groups is 1. The summed E-state index contributed by atoms with van der Waals surface area (Å²) in [7, 11) is 0. The van der Waals surface area contributed by atoms with E-state index in [1.165, 1.54) is 18.3 Å². The Hall–Kier alpha value is -2.76. The Morgan fingerprint density at radius 2 is 2.00 bits per heavy atom. The number of hydrogen-bond donors (Lipinski definition) is 1. The maximum atomic E-state index is 11.5. The molecule has 2 rings (SSSR count). The van der Waals surface area contributed by atoms with E-state index in [9.17, 15) is 20.0 Å². The second kappa shape index (κ2) is 6.13. The molecule has 0 fully saturated rings. The van der Waals surface area contributed by atoms with Crippen molar-refractivity contribution in [2.24, 2.45) is 0 Å². The highest BCUT2D eigenvalue weighted by molar-refractivity contribution is 5.77. The highest BCUT2D eigenvalue weighted by Crippen LogP contribution is 2.27. The summed E-state index contributed by atoms with van der Waals surface area (Å²) in [5.74, 6) is -2.17. The van der Waals surface area contributed by atoms with Crippen LogP contribution >= 0.6 is 0 Å². The molecule has 0 aliphatic rings. The van der Waals surface area contributed by atoms with Crippen LogP contribution in [0.1, 0.15) is 22.7 Å². The van der Waals surface area contributed by atoms with Crippen LogP contribution < -0.4 is 0 Å². The molecule has 21 heavy (non-hydrogen) atoms. The Morgan fingerprint density at radius 3 is 2.57 bits per heavy atom. The molecule has 0 amide bonds. The number of benzene rings is 1. The Kier molecular flexibility index (Phi) is 4.27. The fourth-order valence-electron chi connectivity index (χ4n) is 2.09. The predicted molar refractivity (Wildman–Crippen MR) is 76.2 cm³/mol. The van der Waals surface area contributed by atoms with Crippen LogP contribution in [0.2, 0.25) is 0 Å². The molecular weight excluding hydrogens is 272 g/mol. The number of carboxylic acid groups (broad SMARTS) is 1. The fraction of sp³-hybridized carbons (Fsp3) is 0.200. The van der Waals surface area contributed by atoms with Gasteiger partial charge in [-0.2, -0.15) is 0 Å². The van der Waals surface area contributed by atoms with Gasteiger partial charge in [-0.1, -0.05) is 29.8 Å². The minimum absolute atomic E-state index is 0.0180. The van der Waals surface area contributed by atoms with Gasteiger partial charge in [0, 0.05) is 12.3 Å². The Labute approximate surface area is 121 Å². The molecule has 1 aromatic carbocycles. The first-order valence-electron chi connectivity index (χ1n) is 6.36. The van der Waals surface area contributed by atoms with E-state index < -0.39 is 16.8 Å². The molecule has 0 saturated heterocycles. The third-order valence-electron chi connectivity index (χ3n) is 3.20. The summed E-state index contributed by atoms with van der Waals surface area (Å²) in [5, 5.41) is 20.4. The van der Waals surface area contributed by atoms with Crippen molar-refractivity contribution < 1.29 is 14.8 Å². The van der Waals surface area contributed by atoms with E-state index in [1.807, 2.05) is 31.2 Å². The van der Waals surface area contributed by atoms with Crippen LogP contribution in [-0.4, -0.2) is 21.0 Å². The topological polar surface area (TPSA) is 93.3 Å².